The van der Waals surface area contributed by atoms with E-state index in [1.165, 1.54) is 23.1 Å². The molecule has 1 saturated heterocycles. The van der Waals surface area contributed by atoms with E-state index >= 15 is 0 Å². The highest BCUT2D eigenvalue weighted by Crippen LogP contribution is 2.24. The third kappa shape index (κ3) is 3.55. The van der Waals surface area contributed by atoms with Crippen molar-refractivity contribution in [2.75, 3.05) is 31.6 Å². The lowest BCUT2D eigenvalue weighted by atomic mass is 9.96. The van der Waals surface area contributed by atoms with E-state index in [2.05, 4.69) is 25.2 Å². The highest BCUT2D eigenvalue weighted by molar-refractivity contribution is 5.36. The smallest absolute Gasteiger partial charge is 0.222 e. The molecular formula is C18H23N5O. The van der Waals surface area contributed by atoms with Crippen LogP contribution in [0.2, 0.25) is 0 Å². The number of nitrogens with zero attached hydrogens (tertiary/aromatic N) is 4. The molecule has 4 heterocycles. The molecule has 0 radical (unpaired) electrons. The van der Waals surface area contributed by atoms with E-state index in [9.17, 15) is 0 Å². The first-order valence-electron chi connectivity index (χ1n) is 8.64. The minimum Gasteiger partial charge on any atom is -0.381 e. The van der Waals surface area contributed by atoms with Crippen LogP contribution in [0.25, 0.3) is 0 Å². The lowest BCUT2D eigenvalue weighted by Gasteiger charge is -2.31. The molecule has 0 amide bonds. The van der Waals surface area contributed by atoms with Gasteiger partial charge in [-0.3, -0.25) is 9.88 Å². The first kappa shape index (κ1) is 15.5. The Morgan fingerprint density at radius 2 is 2.17 bits per heavy atom. The van der Waals surface area contributed by atoms with Crippen LogP contribution in [0.15, 0.2) is 30.9 Å². The van der Waals surface area contributed by atoms with Crippen molar-refractivity contribution < 1.29 is 4.74 Å². The Bertz CT molecular complexity index is 672. The lowest BCUT2D eigenvalue weighted by molar-refractivity contribution is 0.162. The summed E-state index contributed by atoms with van der Waals surface area (Å²) in [6.45, 7) is 5.81. The second-order valence-electron chi connectivity index (χ2n) is 6.58. The largest absolute Gasteiger partial charge is 0.381 e. The Morgan fingerprint density at radius 3 is 3.00 bits per heavy atom. The minimum absolute atomic E-state index is 0.661. The molecule has 6 nitrogen and oxygen atoms in total. The maximum Gasteiger partial charge on any atom is 0.222 e. The van der Waals surface area contributed by atoms with Crippen LogP contribution in [0, 0.1) is 5.92 Å². The van der Waals surface area contributed by atoms with Gasteiger partial charge in [-0.05, 0) is 41.5 Å². The van der Waals surface area contributed by atoms with E-state index in [1.807, 2.05) is 18.5 Å². The average molecular weight is 325 g/mol. The number of rotatable bonds is 5. The summed E-state index contributed by atoms with van der Waals surface area (Å²) >= 11 is 0. The zero-order valence-corrected chi connectivity index (χ0v) is 13.8. The number of anilines is 1. The van der Waals surface area contributed by atoms with Crippen molar-refractivity contribution in [3.8, 4) is 0 Å². The summed E-state index contributed by atoms with van der Waals surface area (Å²) in [7, 11) is 0. The topological polar surface area (TPSA) is 63.2 Å². The Hall–Kier alpha value is -2.05. The molecule has 1 unspecified atom stereocenters. The van der Waals surface area contributed by atoms with Gasteiger partial charge in [0.05, 0.1) is 6.61 Å². The van der Waals surface area contributed by atoms with Gasteiger partial charge >= 0.3 is 0 Å². The summed E-state index contributed by atoms with van der Waals surface area (Å²) in [6.07, 6.45) is 9.77. The molecule has 1 atom stereocenters. The maximum absolute atomic E-state index is 5.50. The Morgan fingerprint density at radius 1 is 1.25 bits per heavy atom. The van der Waals surface area contributed by atoms with E-state index in [0.29, 0.717) is 11.9 Å². The normalized spacial score (nSPS) is 20.8. The fraction of sp³-hybridized carbons (Fsp3) is 0.500. The molecule has 0 spiro atoms. The molecular weight excluding hydrogens is 302 g/mol. The number of aromatic nitrogens is 3. The van der Waals surface area contributed by atoms with Crippen molar-refractivity contribution in [1.82, 2.24) is 19.9 Å². The molecule has 24 heavy (non-hydrogen) atoms. The number of pyridine rings is 1. The van der Waals surface area contributed by atoms with E-state index in [-0.39, 0.29) is 0 Å². The second kappa shape index (κ2) is 7.23. The van der Waals surface area contributed by atoms with Crippen LogP contribution in [0.1, 0.15) is 23.1 Å². The molecule has 0 aromatic carbocycles. The fourth-order valence-corrected chi connectivity index (χ4v) is 3.59. The van der Waals surface area contributed by atoms with Gasteiger partial charge in [-0.1, -0.05) is 0 Å². The van der Waals surface area contributed by atoms with Gasteiger partial charge in [-0.2, -0.15) is 0 Å². The van der Waals surface area contributed by atoms with Gasteiger partial charge in [0.25, 0.3) is 0 Å². The van der Waals surface area contributed by atoms with Crippen LogP contribution in [0.5, 0.6) is 0 Å². The summed E-state index contributed by atoms with van der Waals surface area (Å²) in [5, 5.41) is 3.29. The predicted molar refractivity (Wildman–Crippen MR) is 91.5 cm³/mol. The summed E-state index contributed by atoms with van der Waals surface area (Å²) < 4.78 is 5.50. The summed E-state index contributed by atoms with van der Waals surface area (Å²) in [5.41, 5.74) is 4.05. The van der Waals surface area contributed by atoms with E-state index in [4.69, 9.17) is 4.74 Å². The van der Waals surface area contributed by atoms with Gasteiger partial charge in [0.15, 0.2) is 0 Å². The summed E-state index contributed by atoms with van der Waals surface area (Å²) in [6, 6.07) is 1.82. The molecule has 2 aliphatic heterocycles. The molecule has 2 aromatic heterocycles. The van der Waals surface area contributed by atoms with Crippen molar-refractivity contribution in [3.05, 3.63) is 47.5 Å². The summed E-state index contributed by atoms with van der Waals surface area (Å²) in [5.74, 6) is 1.35. The molecule has 0 bridgehead atoms. The Balaban J connectivity index is 1.41. The van der Waals surface area contributed by atoms with Crippen molar-refractivity contribution in [2.45, 2.75) is 25.9 Å². The van der Waals surface area contributed by atoms with Crippen LogP contribution < -0.4 is 5.32 Å². The van der Waals surface area contributed by atoms with Gasteiger partial charge in [-0.15, -0.1) is 0 Å². The van der Waals surface area contributed by atoms with E-state index in [0.717, 1.165) is 45.8 Å². The standard InChI is InChI=1S/C18H23N5O/c1-4-20-18(21-5-1)22-10-15-8-19-9-16-12-23(6-2-17(15)16)11-14-3-7-24-13-14/h1,4-5,8-9,14H,2-3,6-7,10-13H2,(H,20,21,22). The van der Waals surface area contributed by atoms with Crippen LogP contribution >= 0.6 is 0 Å². The third-order valence-corrected chi connectivity index (χ3v) is 4.85. The van der Waals surface area contributed by atoms with Gasteiger partial charge in [-0.25, -0.2) is 9.97 Å². The van der Waals surface area contributed by atoms with Gasteiger partial charge < -0.3 is 10.1 Å². The fourth-order valence-electron chi connectivity index (χ4n) is 3.59. The zero-order chi connectivity index (χ0) is 16.2. The highest BCUT2D eigenvalue weighted by Gasteiger charge is 2.23. The van der Waals surface area contributed by atoms with E-state index < -0.39 is 0 Å². The molecule has 126 valence electrons. The van der Waals surface area contributed by atoms with Crippen LogP contribution in [-0.4, -0.2) is 46.2 Å². The number of hydrogen-bond acceptors (Lipinski definition) is 6. The van der Waals surface area contributed by atoms with Crippen molar-refractivity contribution in [3.63, 3.8) is 0 Å². The first-order valence-corrected chi connectivity index (χ1v) is 8.64. The van der Waals surface area contributed by atoms with Crippen molar-refractivity contribution in [2.24, 2.45) is 5.92 Å². The predicted octanol–water partition coefficient (Wildman–Crippen LogP) is 1.88. The maximum atomic E-state index is 5.50. The van der Waals surface area contributed by atoms with Crippen LogP contribution in [0.4, 0.5) is 5.95 Å². The SMILES string of the molecule is c1cnc(NCc2cncc3c2CCN(CC2CCOC2)C3)nc1. The van der Waals surface area contributed by atoms with Crippen LogP contribution in [-0.2, 0) is 24.2 Å². The number of hydrogen-bond donors (Lipinski definition) is 1. The van der Waals surface area contributed by atoms with Gasteiger partial charge in [0.1, 0.15) is 0 Å². The Labute approximate surface area is 142 Å². The number of ether oxygens (including phenoxy) is 1. The summed E-state index contributed by atoms with van der Waals surface area (Å²) in [4.78, 5) is 15.4. The highest BCUT2D eigenvalue weighted by atomic mass is 16.5. The van der Waals surface area contributed by atoms with E-state index in [1.54, 1.807) is 12.4 Å². The molecule has 2 aromatic rings. The van der Waals surface area contributed by atoms with Crippen molar-refractivity contribution >= 4 is 5.95 Å². The quantitative estimate of drug-likeness (QED) is 0.905. The third-order valence-electron chi connectivity index (χ3n) is 4.85. The average Bonchev–Trinajstić information content (AvgIpc) is 3.13. The molecule has 0 aliphatic carbocycles. The van der Waals surface area contributed by atoms with Gasteiger partial charge in [0, 0.05) is 57.6 Å². The molecule has 2 aliphatic rings. The minimum atomic E-state index is 0.661. The molecule has 1 fully saturated rings. The molecule has 1 N–H and O–H groups in total. The zero-order valence-electron chi connectivity index (χ0n) is 13.8. The Kier molecular flexibility index (Phi) is 4.66. The molecule has 6 heteroatoms. The lowest BCUT2D eigenvalue weighted by Crippen LogP contribution is -2.35. The first-order chi connectivity index (χ1) is 11.9. The monoisotopic (exact) mass is 325 g/mol. The molecule has 4 rings (SSSR count). The number of fused-ring (bicyclic) bond motifs is 1. The second-order valence-corrected chi connectivity index (χ2v) is 6.58. The molecule has 0 saturated carbocycles. The van der Waals surface area contributed by atoms with Gasteiger partial charge in [0.2, 0.25) is 5.95 Å². The van der Waals surface area contributed by atoms with Crippen LogP contribution in [0.3, 0.4) is 0 Å². The number of nitrogens with one attached hydrogen (secondary N) is 1. The van der Waals surface area contributed by atoms with Crippen molar-refractivity contribution in [1.29, 1.82) is 0 Å².